The van der Waals surface area contributed by atoms with Gasteiger partial charge >= 0.3 is 0 Å². The third-order valence-electron chi connectivity index (χ3n) is 2.36. The second-order valence-corrected chi connectivity index (χ2v) is 6.29. The molecule has 1 amide bonds. The predicted octanol–water partition coefficient (Wildman–Crippen LogP) is 5.77. The molecule has 0 heterocycles. The predicted molar refractivity (Wildman–Crippen MR) is 86.3 cm³/mol. The van der Waals surface area contributed by atoms with Gasteiger partial charge in [-0.25, -0.2) is 0 Å². The molecule has 0 atom stereocenters. The van der Waals surface area contributed by atoms with Gasteiger partial charge < -0.3 is 5.32 Å². The number of carbonyl (C=O) groups is 1. The smallest absolute Gasteiger partial charge is 0.255 e. The Labute approximate surface area is 137 Å². The Kier molecular flexibility index (Phi) is 4.90. The first-order valence-electron chi connectivity index (χ1n) is 5.19. The van der Waals surface area contributed by atoms with Crippen LogP contribution in [-0.4, -0.2) is 5.91 Å². The molecule has 0 radical (unpaired) electrons. The number of halogens is 4. The Morgan fingerprint density at radius 2 is 1.74 bits per heavy atom. The van der Waals surface area contributed by atoms with Crippen molar-refractivity contribution in [2.45, 2.75) is 0 Å². The van der Waals surface area contributed by atoms with Crippen LogP contribution in [0.2, 0.25) is 10.0 Å². The van der Waals surface area contributed by atoms with E-state index in [-0.39, 0.29) is 5.91 Å². The van der Waals surface area contributed by atoms with Gasteiger partial charge in [0.25, 0.3) is 5.91 Å². The number of anilines is 1. The normalized spacial score (nSPS) is 10.3. The number of amides is 1. The monoisotopic (exact) mass is 421 g/mol. The molecule has 0 bridgehead atoms. The van der Waals surface area contributed by atoms with Crippen molar-refractivity contribution in [3.63, 3.8) is 0 Å². The molecule has 2 nitrogen and oxygen atoms in total. The fourth-order valence-corrected chi connectivity index (χ4v) is 2.64. The van der Waals surface area contributed by atoms with Gasteiger partial charge in [-0.2, -0.15) is 0 Å². The zero-order valence-electron chi connectivity index (χ0n) is 9.38. The summed E-state index contributed by atoms with van der Waals surface area (Å²) in [6, 6.07) is 10.2. The fraction of sp³-hybridized carbons (Fsp3) is 0. The molecule has 2 aromatic carbocycles. The summed E-state index contributed by atoms with van der Waals surface area (Å²) in [6.45, 7) is 0. The highest BCUT2D eigenvalue weighted by Crippen LogP contribution is 2.27. The molecule has 0 aliphatic heterocycles. The summed E-state index contributed by atoms with van der Waals surface area (Å²) in [5.41, 5.74) is 1.05. The minimum absolute atomic E-state index is 0.249. The Morgan fingerprint density at radius 3 is 2.37 bits per heavy atom. The van der Waals surface area contributed by atoms with Crippen LogP contribution in [0.4, 0.5) is 5.69 Å². The minimum Gasteiger partial charge on any atom is -0.321 e. The van der Waals surface area contributed by atoms with Crippen LogP contribution in [0.5, 0.6) is 0 Å². The molecule has 98 valence electrons. The van der Waals surface area contributed by atoms with Crippen molar-refractivity contribution in [3.05, 3.63) is 61.0 Å². The van der Waals surface area contributed by atoms with Crippen molar-refractivity contribution in [1.82, 2.24) is 0 Å². The Balaban J connectivity index is 2.23. The molecule has 0 aliphatic carbocycles. The second-order valence-electron chi connectivity index (χ2n) is 3.71. The lowest BCUT2D eigenvalue weighted by atomic mass is 10.2. The number of hydrogen-bond acceptors (Lipinski definition) is 1. The highest BCUT2D eigenvalue weighted by Gasteiger charge is 2.10. The van der Waals surface area contributed by atoms with Gasteiger partial charge in [-0.15, -0.1) is 0 Å². The number of hydrogen-bond donors (Lipinski definition) is 1. The molecule has 2 aromatic rings. The molecule has 6 heteroatoms. The van der Waals surface area contributed by atoms with Crippen LogP contribution < -0.4 is 5.32 Å². The van der Waals surface area contributed by atoms with Gasteiger partial charge in [0.05, 0.1) is 15.7 Å². The van der Waals surface area contributed by atoms with E-state index in [0.717, 1.165) is 4.47 Å². The zero-order chi connectivity index (χ0) is 14.0. The average molecular weight is 424 g/mol. The molecule has 0 saturated carbocycles. The quantitative estimate of drug-likeness (QED) is 0.652. The largest absolute Gasteiger partial charge is 0.321 e. The lowest BCUT2D eigenvalue weighted by Crippen LogP contribution is -2.12. The molecule has 19 heavy (non-hydrogen) atoms. The standard InChI is InChI=1S/C13H7Br2Cl2NO/c14-8-2-4-12(11(17)6-8)18-13(19)7-1-3-10(16)9(15)5-7/h1-6H,(H,18,19). The molecule has 0 unspecified atom stereocenters. The van der Waals surface area contributed by atoms with Crippen molar-refractivity contribution in [2.24, 2.45) is 0 Å². The van der Waals surface area contributed by atoms with E-state index in [1.807, 2.05) is 0 Å². The third-order valence-corrected chi connectivity index (χ3v) is 4.38. The Hall–Kier alpha value is -0.550. The van der Waals surface area contributed by atoms with Gasteiger partial charge in [-0.05, 0) is 52.3 Å². The fourth-order valence-electron chi connectivity index (χ4n) is 1.42. The minimum atomic E-state index is -0.249. The molecule has 1 N–H and O–H groups in total. The number of carbonyl (C=O) groups excluding carboxylic acids is 1. The molecule has 0 saturated heterocycles. The maximum absolute atomic E-state index is 12.1. The van der Waals surface area contributed by atoms with E-state index in [0.29, 0.717) is 25.8 Å². The molecule has 0 spiro atoms. The van der Waals surface area contributed by atoms with E-state index in [1.54, 1.807) is 36.4 Å². The zero-order valence-corrected chi connectivity index (χ0v) is 14.1. The SMILES string of the molecule is O=C(Nc1ccc(Br)cc1Cl)c1ccc(Cl)c(Br)c1. The number of benzene rings is 2. The van der Waals surface area contributed by atoms with E-state index in [9.17, 15) is 4.79 Å². The highest BCUT2D eigenvalue weighted by molar-refractivity contribution is 9.10. The van der Waals surface area contributed by atoms with E-state index in [2.05, 4.69) is 37.2 Å². The molecular formula is C13H7Br2Cl2NO. The lowest BCUT2D eigenvalue weighted by molar-refractivity contribution is 0.102. The van der Waals surface area contributed by atoms with E-state index in [4.69, 9.17) is 23.2 Å². The van der Waals surface area contributed by atoms with Gasteiger partial charge in [0, 0.05) is 14.5 Å². The van der Waals surface area contributed by atoms with Crippen LogP contribution in [-0.2, 0) is 0 Å². The van der Waals surface area contributed by atoms with Crippen LogP contribution in [0, 0.1) is 0 Å². The summed E-state index contributed by atoms with van der Waals surface area (Å²) in [6.07, 6.45) is 0. The topological polar surface area (TPSA) is 29.1 Å². The maximum Gasteiger partial charge on any atom is 0.255 e. The summed E-state index contributed by atoms with van der Waals surface area (Å²) in [5, 5.41) is 3.77. The van der Waals surface area contributed by atoms with E-state index in [1.165, 1.54) is 0 Å². The van der Waals surface area contributed by atoms with Crippen LogP contribution in [0.1, 0.15) is 10.4 Å². The molecule has 2 rings (SSSR count). The molecular weight excluding hydrogens is 417 g/mol. The van der Waals surface area contributed by atoms with Crippen molar-refractivity contribution in [1.29, 1.82) is 0 Å². The second kappa shape index (κ2) is 6.27. The summed E-state index contributed by atoms with van der Waals surface area (Å²) in [4.78, 5) is 12.1. The summed E-state index contributed by atoms with van der Waals surface area (Å²) >= 11 is 18.5. The van der Waals surface area contributed by atoms with Gasteiger partial charge in [-0.3, -0.25) is 4.79 Å². The summed E-state index contributed by atoms with van der Waals surface area (Å²) < 4.78 is 1.52. The lowest BCUT2D eigenvalue weighted by Gasteiger charge is -2.08. The molecule has 0 aromatic heterocycles. The van der Waals surface area contributed by atoms with Gasteiger partial charge in [0.1, 0.15) is 0 Å². The number of nitrogens with one attached hydrogen (secondary N) is 1. The first-order valence-corrected chi connectivity index (χ1v) is 7.53. The van der Waals surface area contributed by atoms with Crippen molar-refractivity contribution in [2.75, 3.05) is 5.32 Å². The van der Waals surface area contributed by atoms with Crippen molar-refractivity contribution < 1.29 is 4.79 Å². The number of rotatable bonds is 2. The van der Waals surface area contributed by atoms with Gasteiger partial charge in [-0.1, -0.05) is 39.1 Å². The first-order chi connectivity index (χ1) is 8.97. The van der Waals surface area contributed by atoms with Gasteiger partial charge in [0.2, 0.25) is 0 Å². The van der Waals surface area contributed by atoms with Crippen molar-refractivity contribution in [3.8, 4) is 0 Å². The molecule has 0 fully saturated rings. The van der Waals surface area contributed by atoms with Crippen LogP contribution in [0.3, 0.4) is 0 Å². The average Bonchev–Trinajstić information content (AvgIpc) is 2.36. The Bertz CT molecular complexity index is 647. The first kappa shape index (κ1) is 14.9. The Morgan fingerprint density at radius 1 is 1.00 bits per heavy atom. The van der Waals surface area contributed by atoms with Crippen LogP contribution in [0.15, 0.2) is 45.3 Å². The van der Waals surface area contributed by atoms with Crippen LogP contribution in [0.25, 0.3) is 0 Å². The highest BCUT2D eigenvalue weighted by atomic mass is 79.9. The van der Waals surface area contributed by atoms with Crippen LogP contribution >= 0.6 is 55.1 Å². The van der Waals surface area contributed by atoms with E-state index < -0.39 is 0 Å². The van der Waals surface area contributed by atoms with Gasteiger partial charge in [0.15, 0.2) is 0 Å². The summed E-state index contributed by atoms with van der Waals surface area (Å²) in [5.74, 6) is -0.249. The molecule has 0 aliphatic rings. The summed E-state index contributed by atoms with van der Waals surface area (Å²) in [7, 11) is 0. The maximum atomic E-state index is 12.1. The third kappa shape index (κ3) is 3.72. The van der Waals surface area contributed by atoms with E-state index >= 15 is 0 Å². The van der Waals surface area contributed by atoms with Crippen molar-refractivity contribution >= 4 is 66.7 Å².